The fourth-order valence-corrected chi connectivity index (χ4v) is 3.38. The third kappa shape index (κ3) is 3.99. The number of aryl methyl sites for hydroxylation is 1. The molecule has 0 saturated heterocycles. The normalized spacial score (nSPS) is 11.2. The Morgan fingerprint density at radius 3 is 2.42 bits per heavy atom. The molecule has 1 N–H and O–H groups in total. The molecule has 0 aliphatic heterocycles. The summed E-state index contributed by atoms with van der Waals surface area (Å²) < 4.78 is 23.1. The number of ether oxygens (including phenoxy) is 1. The summed E-state index contributed by atoms with van der Waals surface area (Å²) in [6, 6.07) is 15.0. The van der Waals surface area contributed by atoms with Crippen LogP contribution in [0.3, 0.4) is 0 Å². The summed E-state index contributed by atoms with van der Waals surface area (Å²) in [5.41, 5.74) is 0.262. The summed E-state index contributed by atoms with van der Waals surface area (Å²) in [5, 5.41) is 9.14. The fraction of sp³-hybridized carbons (Fsp3) is 0.227. The first-order valence-corrected chi connectivity index (χ1v) is 9.78. The standard InChI is InChI=1S/C22H21FN4O4/c1-25-19-18(20(29)26(22(25)30)12-5-13-28)27(14-15-6-3-2-4-7-15)21(24-19)31-17-10-8-16(23)9-11-17/h2-4,6-11,28H,5,12-14H2,1H3. The number of benzene rings is 2. The number of imidazole rings is 1. The number of rotatable bonds is 7. The number of halogens is 1. The lowest BCUT2D eigenvalue weighted by Crippen LogP contribution is -2.39. The lowest BCUT2D eigenvalue weighted by Gasteiger charge is -2.11. The van der Waals surface area contributed by atoms with Crippen LogP contribution in [-0.4, -0.2) is 30.4 Å². The Labute approximate surface area is 176 Å². The van der Waals surface area contributed by atoms with Crippen molar-refractivity contribution < 1.29 is 14.2 Å². The Balaban J connectivity index is 1.93. The van der Waals surface area contributed by atoms with Gasteiger partial charge in [0.15, 0.2) is 11.2 Å². The molecule has 160 valence electrons. The van der Waals surface area contributed by atoms with E-state index in [4.69, 9.17) is 9.84 Å². The molecule has 0 unspecified atom stereocenters. The largest absolute Gasteiger partial charge is 0.425 e. The van der Waals surface area contributed by atoms with E-state index in [0.29, 0.717) is 5.75 Å². The molecule has 0 aliphatic carbocycles. The van der Waals surface area contributed by atoms with Gasteiger partial charge in [0.05, 0.1) is 6.54 Å². The first kappa shape index (κ1) is 20.5. The second kappa shape index (κ2) is 8.57. The molecule has 0 aliphatic rings. The molecule has 0 amide bonds. The lowest BCUT2D eigenvalue weighted by atomic mass is 10.2. The van der Waals surface area contributed by atoms with Gasteiger partial charge in [-0.2, -0.15) is 4.98 Å². The highest BCUT2D eigenvalue weighted by atomic mass is 19.1. The number of aliphatic hydroxyl groups excluding tert-OH is 1. The van der Waals surface area contributed by atoms with Crippen molar-refractivity contribution in [1.82, 2.24) is 18.7 Å². The van der Waals surface area contributed by atoms with Crippen molar-refractivity contribution in [1.29, 1.82) is 0 Å². The zero-order valence-corrected chi connectivity index (χ0v) is 16.9. The van der Waals surface area contributed by atoms with Gasteiger partial charge >= 0.3 is 11.7 Å². The van der Waals surface area contributed by atoms with Crippen LogP contribution < -0.4 is 16.0 Å². The average molecular weight is 424 g/mol. The predicted molar refractivity (Wildman–Crippen MR) is 113 cm³/mol. The SMILES string of the molecule is Cn1c(=O)n(CCCO)c(=O)c2c1nc(Oc1ccc(F)cc1)n2Cc1ccccc1. The van der Waals surface area contributed by atoms with Crippen LogP contribution >= 0.6 is 0 Å². The topological polar surface area (TPSA) is 91.3 Å². The zero-order valence-electron chi connectivity index (χ0n) is 16.9. The van der Waals surface area contributed by atoms with E-state index in [0.717, 1.165) is 10.1 Å². The molecule has 4 rings (SSSR count). The molecule has 9 heteroatoms. The summed E-state index contributed by atoms with van der Waals surface area (Å²) >= 11 is 0. The number of aromatic nitrogens is 4. The van der Waals surface area contributed by atoms with E-state index in [-0.39, 0.29) is 43.3 Å². The maximum atomic E-state index is 13.3. The fourth-order valence-electron chi connectivity index (χ4n) is 3.38. The van der Waals surface area contributed by atoms with Crippen LogP contribution in [0, 0.1) is 5.82 Å². The van der Waals surface area contributed by atoms with E-state index in [1.807, 2.05) is 30.3 Å². The van der Waals surface area contributed by atoms with Gasteiger partial charge in [0.25, 0.3) is 5.56 Å². The van der Waals surface area contributed by atoms with E-state index in [9.17, 15) is 14.0 Å². The van der Waals surface area contributed by atoms with E-state index < -0.39 is 17.1 Å². The summed E-state index contributed by atoms with van der Waals surface area (Å²) in [4.78, 5) is 30.3. The molecule has 2 aromatic heterocycles. The highest BCUT2D eigenvalue weighted by Gasteiger charge is 2.22. The third-order valence-corrected chi connectivity index (χ3v) is 4.94. The average Bonchev–Trinajstić information content (AvgIpc) is 3.12. The lowest BCUT2D eigenvalue weighted by molar-refractivity contribution is 0.277. The summed E-state index contributed by atoms with van der Waals surface area (Å²) in [5.74, 6) is -0.0593. The van der Waals surface area contributed by atoms with E-state index >= 15 is 0 Å². The number of fused-ring (bicyclic) bond motifs is 1. The second-order valence-electron chi connectivity index (χ2n) is 7.07. The van der Waals surface area contributed by atoms with Crippen molar-refractivity contribution in [2.75, 3.05) is 6.61 Å². The van der Waals surface area contributed by atoms with Gasteiger partial charge in [-0.05, 0) is 36.2 Å². The Morgan fingerprint density at radius 1 is 1.03 bits per heavy atom. The van der Waals surface area contributed by atoms with Crippen molar-refractivity contribution in [2.45, 2.75) is 19.5 Å². The van der Waals surface area contributed by atoms with E-state index in [1.54, 1.807) is 4.57 Å². The Morgan fingerprint density at radius 2 is 1.74 bits per heavy atom. The van der Waals surface area contributed by atoms with Crippen molar-refractivity contribution in [3.8, 4) is 11.8 Å². The molecule has 2 aromatic carbocycles. The summed E-state index contributed by atoms with van der Waals surface area (Å²) in [6.07, 6.45) is 0.270. The van der Waals surface area contributed by atoms with Crippen molar-refractivity contribution >= 4 is 11.2 Å². The highest BCUT2D eigenvalue weighted by Crippen LogP contribution is 2.25. The number of nitrogens with zero attached hydrogens (tertiary/aromatic N) is 4. The maximum absolute atomic E-state index is 13.3. The molecular formula is C22H21FN4O4. The van der Waals surface area contributed by atoms with Crippen LogP contribution in [0.15, 0.2) is 64.2 Å². The molecular weight excluding hydrogens is 403 g/mol. The second-order valence-corrected chi connectivity index (χ2v) is 7.07. The quantitative estimate of drug-likeness (QED) is 0.491. The Hall–Kier alpha value is -3.72. The van der Waals surface area contributed by atoms with Crippen LogP contribution in [0.1, 0.15) is 12.0 Å². The van der Waals surface area contributed by atoms with Crippen molar-refractivity contribution in [2.24, 2.45) is 7.05 Å². The molecule has 4 aromatic rings. The Kier molecular flexibility index (Phi) is 5.68. The monoisotopic (exact) mass is 424 g/mol. The molecule has 0 spiro atoms. The van der Waals surface area contributed by atoms with Crippen molar-refractivity contribution in [3.05, 3.63) is 86.8 Å². The van der Waals surface area contributed by atoms with Crippen molar-refractivity contribution in [3.63, 3.8) is 0 Å². The number of hydrogen-bond acceptors (Lipinski definition) is 5. The summed E-state index contributed by atoms with van der Waals surface area (Å²) in [7, 11) is 1.53. The highest BCUT2D eigenvalue weighted by molar-refractivity contribution is 5.72. The van der Waals surface area contributed by atoms with Crippen LogP contribution in [-0.2, 0) is 20.1 Å². The van der Waals surface area contributed by atoms with Gasteiger partial charge < -0.3 is 9.84 Å². The van der Waals surface area contributed by atoms with Gasteiger partial charge in [-0.25, -0.2) is 9.18 Å². The van der Waals surface area contributed by atoms with Gasteiger partial charge in [0.1, 0.15) is 11.6 Å². The molecule has 0 fully saturated rings. The van der Waals surface area contributed by atoms with Gasteiger partial charge in [-0.1, -0.05) is 30.3 Å². The van der Waals surface area contributed by atoms with Crippen LogP contribution in [0.4, 0.5) is 4.39 Å². The molecule has 31 heavy (non-hydrogen) atoms. The molecule has 0 atom stereocenters. The zero-order chi connectivity index (χ0) is 22.0. The minimum Gasteiger partial charge on any atom is -0.425 e. The van der Waals surface area contributed by atoms with E-state index in [1.165, 1.54) is 35.9 Å². The first-order chi connectivity index (χ1) is 15.0. The molecule has 0 radical (unpaired) electrons. The minimum atomic E-state index is -0.524. The number of hydrogen-bond donors (Lipinski definition) is 1. The maximum Gasteiger partial charge on any atom is 0.332 e. The molecule has 2 heterocycles. The Bertz CT molecular complexity index is 1320. The predicted octanol–water partition coefficient (Wildman–Crippen LogP) is 2.26. The smallest absolute Gasteiger partial charge is 0.332 e. The van der Waals surface area contributed by atoms with Gasteiger partial charge in [0, 0.05) is 20.2 Å². The third-order valence-electron chi connectivity index (χ3n) is 4.94. The van der Waals surface area contributed by atoms with Gasteiger partial charge in [-0.3, -0.25) is 18.5 Å². The summed E-state index contributed by atoms with van der Waals surface area (Å²) in [6.45, 7) is 0.222. The van der Waals surface area contributed by atoms with Gasteiger partial charge in [0.2, 0.25) is 0 Å². The van der Waals surface area contributed by atoms with Gasteiger partial charge in [-0.15, -0.1) is 0 Å². The minimum absolute atomic E-state index is 0.0859. The molecule has 0 bridgehead atoms. The molecule has 8 nitrogen and oxygen atoms in total. The van der Waals surface area contributed by atoms with Crippen LogP contribution in [0.5, 0.6) is 11.8 Å². The molecule has 0 saturated carbocycles. The van der Waals surface area contributed by atoms with Crippen LogP contribution in [0.25, 0.3) is 11.2 Å². The van der Waals surface area contributed by atoms with Crippen LogP contribution in [0.2, 0.25) is 0 Å². The first-order valence-electron chi connectivity index (χ1n) is 9.78. The van der Waals surface area contributed by atoms with E-state index in [2.05, 4.69) is 4.98 Å². The number of aliphatic hydroxyl groups is 1.